The second-order valence-electron chi connectivity index (χ2n) is 29.4. The Hall–Kier alpha value is -6.04. The lowest BCUT2D eigenvalue weighted by Gasteiger charge is -2.29. The highest BCUT2D eigenvalue weighted by Gasteiger charge is 2.49. The first-order chi connectivity index (χ1) is 39.3. The quantitative estimate of drug-likeness (QED) is 0.0601. The minimum absolute atomic E-state index is 0.00231. The van der Waals surface area contributed by atoms with Gasteiger partial charge in [0, 0.05) is 138 Å². The molecule has 2 aliphatic heterocycles. The summed E-state index contributed by atoms with van der Waals surface area (Å²) in [6.45, 7) is 51.7. The Morgan fingerprint density at radius 1 is 0.640 bits per heavy atom. The van der Waals surface area contributed by atoms with Crippen LogP contribution in [0.1, 0.15) is 215 Å². The van der Waals surface area contributed by atoms with E-state index in [0.29, 0.717) is 36.9 Å². The van der Waals surface area contributed by atoms with Gasteiger partial charge in [0.1, 0.15) is 34.3 Å². The molecule has 4 aromatic heterocycles. The molecule has 3 atom stereocenters. The number of nitrogens with one attached hydrogen (secondary N) is 4. The maximum Gasteiger partial charge on any atom is 0.236 e. The number of likely N-dealkylation sites (tertiary alicyclic amines) is 2. The molecule has 18 heteroatoms. The van der Waals surface area contributed by atoms with Crippen LogP contribution >= 0.6 is 0 Å². The van der Waals surface area contributed by atoms with Crippen molar-refractivity contribution in [2.24, 2.45) is 62.1 Å². The summed E-state index contributed by atoms with van der Waals surface area (Å²) in [4.78, 5) is 120. The Morgan fingerprint density at radius 3 is 1.48 bits per heavy atom. The Balaban J connectivity index is 0.000000522. The van der Waals surface area contributed by atoms with E-state index in [1.807, 2.05) is 151 Å². The average molecular weight is 1200 g/mol. The second kappa shape index (κ2) is 33.3. The monoisotopic (exact) mass is 1200 g/mol. The van der Waals surface area contributed by atoms with Crippen molar-refractivity contribution in [3.63, 3.8) is 0 Å². The van der Waals surface area contributed by atoms with Crippen molar-refractivity contribution in [2.75, 3.05) is 32.7 Å². The van der Waals surface area contributed by atoms with Gasteiger partial charge in [-0.05, 0) is 79.8 Å². The van der Waals surface area contributed by atoms with Crippen LogP contribution in [-0.4, -0.2) is 129 Å². The van der Waals surface area contributed by atoms with Crippen LogP contribution in [0.4, 0.5) is 0 Å². The van der Waals surface area contributed by atoms with Crippen LogP contribution in [0.5, 0.6) is 0 Å². The van der Waals surface area contributed by atoms with Gasteiger partial charge in [-0.15, -0.1) is 0 Å². The fraction of sp³-hybridized carbons (Fsp3) is 0.706. The highest BCUT2D eigenvalue weighted by atomic mass is 16.2. The predicted octanol–water partition coefficient (Wildman–Crippen LogP) is 12.3. The van der Waals surface area contributed by atoms with Gasteiger partial charge in [0.05, 0.1) is 29.8 Å². The van der Waals surface area contributed by atoms with Crippen LogP contribution in [0, 0.1) is 62.1 Å². The first-order valence-corrected chi connectivity index (χ1v) is 31.0. The number of hydrogen-bond donors (Lipinski definition) is 4. The van der Waals surface area contributed by atoms with Gasteiger partial charge in [0.15, 0.2) is 11.6 Å². The van der Waals surface area contributed by atoms with E-state index in [4.69, 9.17) is 0 Å². The second-order valence-corrected chi connectivity index (χ2v) is 29.4. The number of Topliss-reactive ketones (excluding diaryl/α,β-unsaturated/α-hetero) is 7. The molecule has 4 aromatic rings. The zero-order valence-electron chi connectivity index (χ0n) is 57.7. The van der Waals surface area contributed by atoms with Gasteiger partial charge in [-0.1, -0.05) is 132 Å². The molecular formula is C68H114N10O8. The number of nitrogens with zero attached hydrogens (tertiary/aromatic N) is 6. The minimum Gasteiger partial charge on any atom is -0.348 e. The third-order valence-electron chi connectivity index (χ3n) is 16.3. The smallest absolute Gasteiger partial charge is 0.236 e. The number of aromatic amines is 4. The zero-order valence-corrected chi connectivity index (χ0v) is 57.7. The number of hydrogen-bond acceptors (Lipinski definition) is 13. The molecule has 18 nitrogen and oxygen atoms in total. The molecule has 6 rings (SSSR count). The summed E-state index contributed by atoms with van der Waals surface area (Å²) in [6, 6.07) is 1.85. The molecule has 86 heavy (non-hydrogen) atoms. The number of amides is 1. The van der Waals surface area contributed by atoms with Gasteiger partial charge in [0.25, 0.3) is 0 Å². The van der Waals surface area contributed by atoms with Crippen molar-refractivity contribution in [3.8, 4) is 0 Å². The summed E-state index contributed by atoms with van der Waals surface area (Å²) >= 11 is 0. The molecule has 0 aromatic carbocycles. The first-order valence-electron chi connectivity index (χ1n) is 31.0. The molecule has 0 saturated carbocycles. The van der Waals surface area contributed by atoms with Crippen LogP contribution in [-0.2, 0) is 63.0 Å². The number of rotatable bonds is 20. The number of imidazole rings is 3. The summed E-state index contributed by atoms with van der Waals surface area (Å²) in [5.41, 5.74) is 0.829. The van der Waals surface area contributed by atoms with E-state index in [-0.39, 0.29) is 74.9 Å². The molecule has 2 aliphatic rings. The van der Waals surface area contributed by atoms with Crippen LogP contribution in [0.25, 0.3) is 0 Å². The Kier molecular flexibility index (Phi) is 30.2. The number of ketones is 7. The molecular weight excluding hydrogens is 1080 g/mol. The fourth-order valence-electron chi connectivity index (χ4n) is 10.4. The average Bonchev–Trinajstić information content (AvgIpc) is 2.96. The van der Waals surface area contributed by atoms with Gasteiger partial charge in [-0.2, -0.15) is 5.10 Å². The van der Waals surface area contributed by atoms with E-state index in [1.54, 1.807) is 63.2 Å². The maximum atomic E-state index is 12.4. The molecule has 2 fully saturated rings. The Morgan fingerprint density at radius 2 is 1.12 bits per heavy atom. The third-order valence-corrected chi connectivity index (χ3v) is 16.3. The number of carbonyl (C=O) groups excluding carboxylic acids is 8. The molecule has 6 heterocycles. The number of carbonyl (C=O) groups is 8. The van der Waals surface area contributed by atoms with Crippen molar-refractivity contribution < 1.29 is 38.4 Å². The lowest BCUT2D eigenvalue weighted by Crippen LogP contribution is -2.40. The fourth-order valence-corrected chi connectivity index (χ4v) is 10.4. The summed E-state index contributed by atoms with van der Waals surface area (Å²) in [5.74, 6) is 1.83. The first kappa shape index (κ1) is 78.0. The topological polar surface area (TPSA) is 258 Å². The minimum atomic E-state index is -0.835. The van der Waals surface area contributed by atoms with E-state index < -0.39 is 21.7 Å². The normalized spacial score (nSPS) is 17.0. The SMILES string of the molecule is CC(=O)C(C)(C)C(=O)C(C)(C)C.CC(C)(C)C(=O)C(C)(C)c1ccn[nH]1.CC(C)C(=O)C(C)Cc1cnc[nH]1.CC(C)C(=O)C1(C)CCN(CCc2cnc[nH]2)C1=O.CC(C)C(=O)C1CCN(CCc2cnc[nH]2)C1.CCC(C)(C)C(=O)C(C)(C)C. The van der Waals surface area contributed by atoms with Gasteiger partial charge in [0.2, 0.25) is 5.91 Å². The molecule has 0 aliphatic carbocycles. The standard InChI is InChI=1S/C14H21N3O2.C13H21N3O.C11H18N2O.C10H16N2O.C10H18O2.C10H20O/c1-10(2)12(18)14(3)5-7-17(13(14)19)6-4-11-8-15-9-16-11;1-10(2)13(17)11-3-5-16(8-11)6-4-12-7-14-9-15-12;1-10(2,3)9(14)11(4,5)8-6-7-12-13-8;1-7(2)10(13)8(3)4-9-5-11-6-12-9;1-7(11)10(5,6)8(12)9(2,3)4;1-7-10(5,6)8(11)9(2,3)4/h8-10H,4-7H2,1-3H3,(H,15,16);7,9-11H,3-6,8H2,1-2H3,(H,14,15);6-7H,1-5H3,(H,12,13);5-8H,4H2,1-3H3,(H,11,12);1-6H3;7H2,1-6H3. The largest absolute Gasteiger partial charge is 0.348 e. The molecule has 484 valence electrons. The van der Waals surface area contributed by atoms with E-state index in [1.165, 1.54) is 12.6 Å². The van der Waals surface area contributed by atoms with Gasteiger partial charge < -0.3 is 24.8 Å². The van der Waals surface area contributed by atoms with Crippen molar-refractivity contribution in [2.45, 2.75) is 217 Å². The lowest BCUT2D eigenvalue weighted by molar-refractivity contribution is -0.145. The van der Waals surface area contributed by atoms with Crippen LogP contribution in [0.3, 0.4) is 0 Å². The van der Waals surface area contributed by atoms with Crippen molar-refractivity contribution in [1.29, 1.82) is 0 Å². The summed E-state index contributed by atoms with van der Waals surface area (Å²) < 4.78 is 0. The van der Waals surface area contributed by atoms with Gasteiger partial charge >= 0.3 is 0 Å². The van der Waals surface area contributed by atoms with Crippen molar-refractivity contribution in [3.05, 3.63) is 72.6 Å². The van der Waals surface area contributed by atoms with E-state index >= 15 is 0 Å². The van der Waals surface area contributed by atoms with E-state index in [0.717, 1.165) is 68.8 Å². The zero-order chi connectivity index (χ0) is 66.6. The molecule has 2 saturated heterocycles. The number of aromatic nitrogens is 8. The molecule has 0 radical (unpaired) electrons. The summed E-state index contributed by atoms with van der Waals surface area (Å²) in [7, 11) is 0. The van der Waals surface area contributed by atoms with Crippen molar-refractivity contribution in [1.82, 2.24) is 49.9 Å². The van der Waals surface area contributed by atoms with Crippen LogP contribution in [0.15, 0.2) is 49.8 Å². The third kappa shape index (κ3) is 24.3. The lowest BCUT2D eigenvalue weighted by atomic mass is 9.73. The number of H-pyrrole nitrogens is 4. The summed E-state index contributed by atoms with van der Waals surface area (Å²) in [5, 5.41) is 6.74. The highest BCUT2D eigenvalue weighted by molar-refractivity contribution is 6.08. The summed E-state index contributed by atoms with van der Waals surface area (Å²) in [6.07, 6.45) is 17.1. The van der Waals surface area contributed by atoms with Gasteiger partial charge in [-0.25, -0.2) is 15.0 Å². The van der Waals surface area contributed by atoms with Crippen LogP contribution < -0.4 is 0 Å². The molecule has 1 amide bonds. The Bertz CT molecular complexity index is 2710. The van der Waals surface area contributed by atoms with E-state index in [2.05, 4.69) is 51.9 Å². The van der Waals surface area contributed by atoms with E-state index in [9.17, 15) is 38.4 Å². The molecule has 4 N–H and O–H groups in total. The Labute approximate surface area is 517 Å². The highest BCUT2D eigenvalue weighted by Crippen LogP contribution is 2.36. The van der Waals surface area contributed by atoms with Gasteiger partial charge in [-0.3, -0.25) is 43.5 Å². The molecule has 0 spiro atoms. The molecule has 0 bridgehead atoms. The predicted molar refractivity (Wildman–Crippen MR) is 343 cm³/mol. The van der Waals surface area contributed by atoms with Crippen molar-refractivity contribution >= 4 is 46.4 Å². The van der Waals surface area contributed by atoms with Crippen LogP contribution in [0.2, 0.25) is 0 Å². The maximum absolute atomic E-state index is 12.4. The molecule has 3 unspecified atom stereocenters.